The summed E-state index contributed by atoms with van der Waals surface area (Å²) in [6.45, 7) is 3.34. The standard InChI is InChI=1S/C6H10Cl2O/c1-3-4-6(7,8)5(2)9/h3-5,9H,1-2H3. The van der Waals surface area contributed by atoms with Crippen LogP contribution in [0.3, 0.4) is 0 Å². The Labute approximate surface area is 65.3 Å². The Morgan fingerprint density at radius 1 is 1.56 bits per heavy atom. The van der Waals surface area contributed by atoms with Gasteiger partial charge in [0, 0.05) is 0 Å². The zero-order valence-electron chi connectivity index (χ0n) is 5.44. The molecule has 0 saturated heterocycles. The molecule has 0 rings (SSSR count). The minimum atomic E-state index is -1.13. The number of aliphatic hydroxyl groups excluding tert-OH is 1. The molecule has 0 aromatic carbocycles. The Bertz CT molecular complexity index is 108. The average Bonchev–Trinajstić information content (AvgIpc) is 1.65. The lowest BCUT2D eigenvalue weighted by Gasteiger charge is -2.17. The highest BCUT2D eigenvalue weighted by molar-refractivity contribution is 6.50. The first kappa shape index (κ1) is 9.28. The van der Waals surface area contributed by atoms with Gasteiger partial charge in [-0.1, -0.05) is 35.4 Å². The van der Waals surface area contributed by atoms with E-state index < -0.39 is 10.4 Å². The lowest BCUT2D eigenvalue weighted by atomic mass is 10.2. The third-order valence-electron chi connectivity index (χ3n) is 0.946. The van der Waals surface area contributed by atoms with Crippen LogP contribution in [0.25, 0.3) is 0 Å². The van der Waals surface area contributed by atoms with E-state index in [1.165, 1.54) is 0 Å². The minimum absolute atomic E-state index is 0.739. The highest BCUT2D eigenvalue weighted by atomic mass is 35.5. The van der Waals surface area contributed by atoms with Crippen LogP contribution in [0, 0.1) is 0 Å². The Balaban J connectivity index is 4.01. The molecule has 1 N–H and O–H groups in total. The molecular weight excluding hydrogens is 159 g/mol. The van der Waals surface area contributed by atoms with Gasteiger partial charge in [-0.3, -0.25) is 0 Å². The van der Waals surface area contributed by atoms with E-state index in [-0.39, 0.29) is 0 Å². The lowest BCUT2D eigenvalue weighted by molar-refractivity contribution is 0.190. The van der Waals surface area contributed by atoms with Crippen LogP contribution in [0.5, 0.6) is 0 Å². The van der Waals surface area contributed by atoms with Crippen LogP contribution in [0.1, 0.15) is 13.8 Å². The normalized spacial score (nSPS) is 16.6. The van der Waals surface area contributed by atoms with E-state index in [1.54, 1.807) is 26.0 Å². The molecule has 0 amide bonds. The molecule has 0 fully saturated rings. The Kier molecular flexibility index (Phi) is 3.56. The molecule has 0 aliphatic rings. The van der Waals surface area contributed by atoms with Crippen molar-refractivity contribution in [3.8, 4) is 0 Å². The number of hydrogen-bond donors (Lipinski definition) is 1. The molecule has 0 saturated carbocycles. The van der Waals surface area contributed by atoms with E-state index in [1.807, 2.05) is 0 Å². The molecule has 9 heavy (non-hydrogen) atoms. The topological polar surface area (TPSA) is 20.2 Å². The van der Waals surface area contributed by atoms with Gasteiger partial charge in [0.25, 0.3) is 0 Å². The third-order valence-corrected chi connectivity index (χ3v) is 1.83. The van der Waals surface area contributed by atoms with Gasteiger partial charge in [-0.15, -0.1) is 0 Å². The summed E-state index contributed by atoms with van der Waals surface area (Å²) in [5.74, 6) is 0. The van der Waals surface area contributed by atoms with Crippen LogP contribution in [-0.2, 0) is 0 Å². The van der Waals surface area contributed by atoms with Gasteiger partial charge in [0.1, 0.15) is 0 Å². The third kappa shape index (κ3) is 3.09. The number of hydrogen-bond acceptors (Lipinski definition) is 1. The largest absolute Gasteiger partial charge is 0.390 e. The van der Waals surface area contributed by atoms with E-state index in [2.05, 4.69) is 0 Å². The maximum atomic E-state index is 8.90. The summed E-state index contributed by atoms with van der Waals surface area (Å²) in [5, 5.41) is 8.90. The predicted octanol–water partition coefficient (Wildman–Crippen LogP) is 2.12. The molecule has 0 bridgehead atoms. The van der Waals surface area contributed by atoms with Crippen molar-refractivity contribution in [2.45, 2.75) is 24.3 Å². The number of rotatable bonds is 2. The van der Waals surface area contributed by atoms with Crippen molar-refractivity contribution < 1.29 is 5.11 Å². The quantitative estimate of drug-likeness (QED) is 0.495. The van der Waals surface area contributed by atoms with Gasteiger partial charge in [-0.2, -0.15) is 0 Å². The van der Waals surface area contributed by atoms with Crippen LogP contribution in [0.4, 0.5) is 0 Å². The number of halogens is 2. The molecule has 0 heterocycles. The van der Waals surface area contributed by atoms with Crippen LogP contribution in [0.15, 0.2) is 12.2 Å². The van der Waals surface area contributed by atoms with E-state index >= 15 is 0 Å². The summed E-state index contributed by atoms with van der Waals surface area (Å²) < 4.78 is -1.13. The number of alkyl halides is 2. The Hall–Kier alpha value is 0.280. The zero-order valence-corrected chi connectivity index (χ0v) is 6.95. The van der Waals surface area contributed by atoms with Gasteiger partial charge in [0.15, 0.2) is 4.33 Å². The van der Waals surface area contributed by atoms with E-state index in [0.717, 1.165) is 0 Å². The van der Waals surface area contributed by atoms with Crippen LogP contribution >= 0.6 is 23.2 Å². The SMILES string of the molecule is CC=CC(Cl)(Cl)C(C)O. The van der Waals surface area contributed by atoms with Gasteiger partial charge in [0.2, 0.25) is 0 Å². The first-order chi connectivity index (χ1) is 4.00. The summed E-state index contributed by atoms with van der Waals surface area (Å²) in [6, 6.07) is 0. The summed E-state index contributed by atoms with van der Waals surface area (Å²) in [4.78, 5) is 0. The van der Waals surface area contributed by atoms with Gasteiger partial charge in [-0.25, -0.2) is 0 Å². The van der Waals surface area contributed by atoms with Gasteiger partial charge < -0.3 is 5.11 Å². The maximum Gasteiger partial charge on any atom is 0.161 e. The molecule has 0 aliphatic carbocycles. The molecule has 0 aromatic heterocycles. The smallest absolute Gasteiger partial charge is 0.161 e. The van der Waals surface area contributed by atoms with Crippen molar-refractivity contribution in [1.82, 2.24) is 0 Å². The molecule has 0 aliphatic heterocycles. The van der Waals surface area contributed by atoms with Crippen molar-refractivity contribution in [1.29, 1.82) is 0 Å². The second-order valence-electron chi connectivity index (χ2n) is 1.85. The molecule has 1 nitrogen and oxygen atoms in total. The van der Waals surface area contributed by atoms with Crippen LogP contribution in [-0.4, -0.2) is 15.5 Å². The van der Waals surface area contributed by atoms with E-state index in [4.69, 9.17) is 28.3 Å². The highest BCUT2D eigenvalue weighted by Gasteiger charge is 2.25. The van der Waals surface area contributed by atoms with Crippen molar-refractivity contribution in [2.75, 3.05) is 0 Å². The second-order valence-corrected chi connectivity index (χ2v) is 3.29. The molecule has 1 unspecified atom stereocenters. The Morgan fingerprint density at radius 3 is 2.11 bits per heavy atom. The van der Waals surface area contributed by atoms with Crippen LogP contribution < -0.4 is 0 Å². The van der Waals surface area contributed by atoms with Gasteiger partial charge in [0.05, 0.1) is 6.10 Å². The minimum Gasteiger partial charge on any atom is -0.390 e. The lowest BCUT2D eigenvalue weighted by Crippen LogP contribution is -2.25. The fourth-order valence-corrected chi connectivity index (χ4v) is 0.613. The molecular formula is C6H10Cl2O. The van der Waals surface area contributed by atoms with Crippen molar-refractivity contribution in [2.24, 2.45) is 0 Å². The van der Waals surface area contributed by atoms with Gasteiger partial charge in [-0.05, 0) is 13.8 Å². The highest BCUT2D eigenvalue weighted by Crippen LogP contribution is 2.26. The summed E-state index contributed by atoms with van der Waals surface area (Å²) in [7, 11) is 0. The summed E-state index contributed by atoms with van der Waals surface area (Å²) >= 11 is 11.2. The monoisotopic (exact) mass is 168 g/mol. The van der Waals surface area contributed by atoms with E-state index in [9.17, 15) is 0 Å². The second kappa shape index (κ2) is 3.45. The van der Waals surface area contributed by atoms with Crippen molar-refractivity contribution in [3.63, 3.8) is 0 Å². The fraction of sp³-hybridized carbons (Fsp3) is 0.667. The average molecular weight is 169 g/mol. The van der Waals surface area contributed by atoms with E-state index in [0.29, 0.717) is 0 Å². The predicted molar refractivity (Wildman–Crippen MR) is 40.9 cm³/mol. The maximum absolute atomic E-state index is 8.90. The zero-order chi connectivity index (χ0) is 7.49. The molecule has 0 spiro atoms. The van der Waals surface area contributed by atoms with Crippen molar-refractivity contribution >= 4 is 23.2 Å². The summed E-state index contributed by atoms with van der Waals surface area (Å²) in [5.41, 5.74) is 0. The van der Waals surface area contributed by atoms with Gasteiger partial charge >= 0.3 is 0 Å². The number of aliphatic hydroxyl groups is 1. The molecule has 1 atom stereocenters. The Morgan fingerprint density at radius 2 is 2.00 bits per heavy atom. The first-order valence-electron chi connectivity index (χ1n) is 2.70. The molecule has 3 heteroatoms. The summed E-state index contributed by atoms with van der Waals surface area (Å²) in [6.07, 6.45) is 2.50. The number of allylic oxidation sites excluding steroid dienone is 1. The van der Waals surface area contributed by atoms with Crippen LogP contribution in [0.2, 0.25) is 0 Å². The molecule has 54 valence electrons. The fourth-order valence-electron chi connectivity index (χ4n) is 0.361. The van der Waals surface area contributed by atoms with Crippen molar-refractivity contribution in [3.05, 3.63) is 12.2 Å². The molecule has 0 aromatic rings. The molecule has 0 radical (unpaired) electrons. The first-order valence-corrected chi connectivity index (χ1v) is 3.46.